The van der Waals surface area contributed by atoms with E-state index in [1.807, 2.05) is 21.8 Å². The first-order valence-electron chi connectivity index (χ1n) is 8.28. The summed E-state index contributed by atoms with van der Waals surface area (Å²) in [6.45, 7) is 7.75. The lowest BCUT2D eigenvalue weighted by Crippen LogP contribution is -2.57. The Hall–Kier alpha value is -1.93. The number of carbonyl (C=O) groups is 2. The number of piperidine rings is 1. The molecule has 2 N–H and O–H groups in total. The Morgan fingerprint density at radius 2 is 2.12 bits per heavy atom. The lowest BCUT2D eigenvalue weighted by molar-refractivity contribution is -0.122. The summed E-state index contributed by atoms with van der Waals surface area (Å²) in [6.07, 6.45) is 3.81. The van der Waals surface area contributed by atoms with E-state index < -0.39 is 0 Å². The first-order valence-corrected chi connectivity index (χ1v) is 8.28. The van der Waals surface area contributed by atoms with Crippen LogP contribution >= 0.6 is 0 Å². The molecule has 1 spiro atoms. The molecule has 8 heteroatoms. The molecule has 2 fully saturated rings. The van der Waals surface area contributed by atoms with E-state index >= 15 is 0 Å². The Labute approximate surface area is 141 Å². The van der Waals surface area contributed by atoms with Gasteiger partial charge in [-0.05, 0) is 45.8 Å². The van der Waals surface area contributed by atoms with Gasteiger partial charge in [-0.25, -0.2) is 0 Å². The highest BCUT2D eigenvalue weighted by atomic mass is 16.5. The van der Waals surface area contributed by atoms with E-state index in [4.69, 9.17) is 14.6 Å². The Balaban J connectivity index is 0.000000647. The first-order chi connectivity index (χ1) is 11.5. The van der Waals surface area contributed by atoms with Gasteiger partial charge >= 0.3 is 0 Å². The Morgan fingerprint density at radius 3 is 2.71 bits per heavy atom. The number of morpholine rings is 1. The van der Waals surface area contributed by atoms with Gasteiger partial charge in [0, 0.05) is 18.8 Å². The summed E-state index contributed by atoms with van der Waals surface area (Å²) in [5, 5.41) is 14.6. The number of carboxylic acid groups (broad SMARTS) is 1. The lowest BCUT2D eigenvalue weighted by atomic mass is 9.90. The first kappa shape index (κ1) is 18.4. The molecule has 1 aromatic heterocycles. The maximum atomic E-state index is 12.6. The summed E-state index contributed by atoms with van der Waals surface area (Å²) >= 11 is 0. The fourth-order valence-corrected chi connectivity index (χ4v) is 3.10. The van der Waals surface area contributed by atoms with Crippen LogP contribution in [0.3, 0.4) is 0 Å². The second kappa shape index (κ2) is 8.25. The topological polar surface area (TPSA) is 96.7 Å². The van der Waals surface area contributed by atoms with Gasteiger partial charge in [0.05, 0.1) is 18.8 Å². The van der Waals surface area contributed by atoms with Crippen LogP contribution in [0.5, 0.6) is 0 Å². The molecular weight excluding hydrogens is 312 g/mol. The highest BCUT2D eigenvalue weighted by molar-refractivity contribution is 5.92. The molecule has 2 saturated heterocycles. The number of carbonyl (C=O) groups excluding carboxylic acids is 1. The van der Waals surface area contributed by atoms with Crippen molar-refractivity contribution in [1.29, 1.82) is 0 Å². The highest BCUT2D eigenvalue weighted by Crippen LogP contribution is 2.28. The van der Waals surface area contributed by atoms with E-state index in [1.54, 1.807) is 0 Å². The fraction of sp³-hybridized carbons (Fsp3) is 0.688. The largest absolute Gasteiger partial charge is 0.483 e. The minimum Gasteiger partial charge on any atom is -0.483 e. The molecule has 1 aromatic rings. The number of nitrogens with zero attached hydrogens (tertiary/aromatic N) is 3. The van der Waals surface area contributed by atoms with Gasteiger partial charge < -0.3 is 20.1 Å². The maximum Gasteiger partial charge on any atom is 0.290 e. The van der Waals surface area contributed by atoms with E-state index in [0.29, 0.717) is 25.4 Å². The zero-order valence-corrected chi connectivity index (χ0v) is 14.3. The molecule has 3 rings (SSSR count). The van der Waals surface area contributed by atoms with Gasteiger partial charge in [0.25, 0.3) is 12.4 Å². The van der Waals surface area contributed by atoms with Crippen LogP contribution in [0.2, 0.25) is 0 Å². The maximum absolute atomic E-state index is 12.6. The highest BCUT2D eigenvalue weighted by Gasteiger charge is 2.39. The lowest BCUT2D eigenvalue weighted by Gasteiger charge is -2.44. The number of amides is 1. The quantitative estimate of drug-likeness (QED) is 0.773. The van der Waals surface area contributed by atoms with Gasteiger partial charge in [0.15, 0.2) is 0 Å². The van der Waals surface area contributed by atoms with Crippen LogP contribution in [0.1, 0.15) is 43.2 Å². The van der Waals surface area contributed by atoms with Gasteiger partial charge in [-0.3, -0.25) is 14.3 Å². The van der Waals surface area contributed by atoms with Crippen LogP contribution in [0, 0.1) is 0 Å². The summed E-state index contributed by atoms with van der Waals surface area (Å²) in [5.41, 5.74) is 0.384. The van der Waals surface area contributed by atoms with Crippen molar-refractivity contribution < 1.29 is 19.4 Å². The van der Waals surface area contributed by atoms with Crippen LogP contribution in [-0.2, 0) is 9.53 Å². The SMILES string of the molecule is CC(C)n1ccc(C(=O)N2CCOC3(CCNCC3)C2)n1.O=CO. The van der Waals surface area contributed by atoms with Gasteiger partial charge in [-0.15, -0.1) is 0 Å². The van der Waals surface area contributed by atoms with Gasteiger partial charge in [0.1, 0.15) is 5.69 Å². The molecule has 2 aliphatic rings. The minimum atomic E-state index is -0.250. The summed E-state index contributed by atoms with van der Waals surface area (Å²) in [6, 6.07) is 2.08. The third-order valence-corrected chi connectivity index (χ3v) is 4.41. The van der Waals surface area contributed by atoms with E-state index in [9.17, 15) is 4.79 Å². The van der Waals surface area contributed by atoms with E-state index in [1.165, 1.54) is 0 Å². The molecule has 8 nitrogen and oxygen atoms in total. The van der Waals surface area contributed by atoms with Crippen molar-refractivity contribution in [3.8, 4) is 0 Å². The second-order valence-electron chi connectivity index (χ2n) is 6.39. The monoisotopic (exact) mass is 338 g/mol. The molecule has 0 bridgehead atoms. The minimum absolute atomic E-state index is 0.0237. The van der Waals surface area contributed by atoms with Crippen molar-refractivity contribution in [2.24, 2.45) is 0 Å². The number of rotatable bonds is 2. The van der Waals surface area contributed by atoms with Crippen molar-refractivity contribution >= 4 is 12.4 Å². The normalized spacial score (nSPS) is 19.7. The summed E-state index contributed by atoms with van der Waals surface area (Å²) in [7, 11) is 0. The van der Waals surface area contributed by atoms with Crippen molar-refractivity contribution in [2.45, 2.75) is 38.3 Å². The van der Waals surface area contributed by atoms with E-state index in [2.05, 4.69) is 24.3 Å². The summed E-state index contributed by atoms with van der Waals surface area (Å²) < 4.78 is 7.83. The second-order valence-corrected chi connectivity index (χ2v) is 6.39. The molecule has 0 aromatic carbocycles. The molecule has 0 aliphatic carbocycles. The predicted molar refractivity (Wildman–Crippen MR) is 88.0 cm³/mol. The molecule has 0 saturated carbocycles. The van der Waals surface area contributed by atoms with Gasteiger partial charge in [0.2, 0.25) is 0 Å². The van der Waals surface area contributed by atoms with Crippen molar-refractivity contribution in [2.75, 3.05) is 32.8 Å². The summed E-state index contributed by atoms with van der Waals surface area (Å²) in [4.78, 5) is 22.9. The van der Waals surface area contributed by atoms with Crippen LogP contribution in [0.4, 0.5) is 0 Å². The zero-order valence-electron chi connectivity index (χ0n) is 14.3. The molecule has 2 aliphatic heterocycles. The number of hydrogen-bond donors (Lipinski definition) is 2. The number of nitrogens with one attached hydrogen (secondary N) is 1. The fourth-order valence-electron chi connectivity index (χ4n) is 3.10. The van der Waals surface area contributed by atoms with Gasteiger partial charge in [-0.1, -0.05) is 0 Å². The zero-order chi connectivity index (χ0) is 17.6. The number of aromatic nitrogens is 2. The van der Waals surface area contributed by atoms with Gasteiger partial charge in [-0.2, -0.15) is 5.10 Å². The molecule has 3 heterocycles. The van der Waals surface area contributed by atoms with Crippen LogP contribution in [0.25, 0.3) is 0 Å². The predicted octanol–water partition coefficient (Wildman–Crippen LogP) is 0.759. The van der Waals surface area contributed by atoms with E-state index in [-0.39, 0.29) is 24.0 Å². The average molecular weight is 338 g/mol. The third kappa shape index (κ3) is 4.33. The average Bonchev–Trinajstić information content (AvgIpc) is 3.06. The Bertz CT molecular complexity index is 547. The van der Waals surface area contributed by atoms with Crippen LogP contribution < -0.4 is 5.32 Å². The molecule has 134 valence electrons. The van der Waals surface area contributed by atoms with Crippen molar-refractivity contribution in [3.05, 3.63) is 18.0 Å². The smallest absolute Gasteiger partial charge is 0.290 e. The third-order valence-electron chi connectivity index (χ3n) is 4.41. The Kier molecular flexibility index (Phi) is 6.33. The van der Waals surface area contributed by atoms with Crippen LogP contribution in [0.15, 0.2) is 12.3 Å². The van der Waals surface area contributed by atoms with E-state index in [0.717, 1.165) is 25.9 Å². The molecule has 0 atom stereocenters. The molecule has 24 heavy (non-hydrogen) atoms. The van der Waals surface area contributed by atoms with Crippen molar-refractivity contribution in [3.63, 3.8) is 0 Å². The molecular formula is C16H26N4O4. The number of hydrogen-bond acceptors (Lipinski definition) is 5. The Morgan fingerprint density at radius 1 is 1.46 bits per heavy atom. The standard InChI is InChI=1S/C15H24N4O2.CH2O2/c1-12(2)19-8-3-13(17-19)14(20)18-9-10-21-15(11-18)4-6-16-7-5-15;2-1-3/h3,8,12,16H,4-7,9-11H2,1-2H3;1H,(H,2,3). The number of ether oxygens (including phenoxy) is 1. The molecule has 1 amide bonds. The van der Waals surface area contributed by atoms with Crippen molar-refractivity contribution in [1.82, 2.24) is 20.0 Å². The molecule has 0 radical (unpaired) electrons. The van der Waals surface area contributed by atoms with Crippen LogP contribution in [-0.4, -0.2) is 70.6 Å². The summed E-state index contributed by atoms with van der Waals surface area (Å²) in [5.74, 6) is 0.0237. The molecule has 0 unspecified atom stereocenters.